The van der Waals surface area contributed by atoms with Crippen molar-refractivity contribution >= 4 is 0 Å². The van der Waals surface area contributed by atoms with Crippen molar-refractivity contribution < 1.29 is 0 Å². The summed E-state index contributed by atoms with van der Waals surface area (Å²) in [5.74, 6) is 0.882. The fourth-order valence-electron chi connectivity index (χ4n) is 1.81. The van der Waals surface area contributed by atoms with Gasteiger partial charge in [-0.3, -0.25) is 0 Å². The Balaban J connectivity index is 2.46. The molecule has 0 bridgehead atoms. The van der Waals surface area contributed by atoms with E-state index in [1.807, 2.05) is 0 Å². The largest absolute Gasteiger partial charge is 0.0654 e. The van der Waals surface area contributed by atoms with Crippen LogP contribution in [0.2, 0.25) is 0 Å². The molecule has 0 saturated heterocycles. The Morgan fingerprint density at radius 1 is 1.08 bits per heavy atom. The first-order valence-electron chi connectivity index (χ1n) is 5.40. The molecule has 0 heteroatoms. The van der Waals surface area contributed by atoms with Crippen molar-refractivity contribution in [2.24, 2.45) is 5.92 Å². The molecule has 0 spiro atoms. The van der Waals surface area contributed by atoms with Crippen molar-refractivity contribution in [3.63, 3.8) is 0 Å². The lowest BCUT2D eigenvalue weighted by Crippen LogP contribution is -2.02. The Hall–Kier alpha value is -0.780. The maximum atomic E-state index is 2.29. The second-order valence-electron chi connectivity index (χ2n) is 3.75. The van der Waals surface area contributed by atoms with Gasteiger partial charge in [0.1, 0.15) is 0 Å². The summed E-state index contributed by atoms with van der Waals surface area (Å²) in [6.45, 7) is 4.57. The topological polar surface area (TPSA) is 0 Å². The summed E-state index contributed by atoms with van der Waals surface area (Å²) in [6, 6.07) is 10.8. The quantitative estimate of drug-likeness (QED) is 0.634. The standard InChI is InChI=1S/C13H20/c1-3-8-12(4-2)11-13-9-6-5-7-10-13/h5-7,9-10,12H,3-4,8,11H2,1-2H3. The average Bonchev–Trinajstić information content (AvgIpc) is 2.19. The number of benzene rings is 1. The van der Waals surface area contributed by atoms with E-state index in [-0.39, 0.29) is 0 Å². The molecular weight excluding hydrogens is 156 g/mol. The molecule has 1 rings (SSSR count). The zero-order valence-corrected chi connectivity index (χ0v) is 8.79. The van der Waals surface area contributed by atoms with Gasteiger partial charge in [0.15, 0.2) is 0 Å². The Kier molecular flexibility index (Phi) is 4.59. The van der Waals surface area contributed by atoms with Gasteiger partial charge < -0.3 is 0 Å². The van der Waals surface area contributed by atoms with Crippen molar-refractivity contribution in [3.8, 4) is 0 Å². The highest BCUT2D eigenvalue weighted by atomic mass is 14.1. The van der Waals surface area contributed by atoms with Crippen molar-refractivity contribution in [2.45, 2.75) is 39.5 Å². The Morgan fingerprint density at radius 3 is 2.31 bits per heavy atom. The molecule has 0 aliphatic rings. The van der Waals surface area contributed by atoms with Gasteiger partial charge in [0, 0.05) is 0 Å². The highest BCUT2D eigenvalue weighted by molar-refractivity contribution is 5.15. The molecule has 0 saturated carbocycles. The lowest BCUT2D eigenvalue weighted by atomic mass is 9.93. The maximum Gasteiger partial charge on any atom is -0.0250 e. The first kappa shape index (κ1) is 10.3. The molecule has 0 nitrogen and oxygen atoms in total. The van der Waals surface area contributed by atoms with E-state index in [9.17, 15) is 0 Å². The van der Waals surface area contributed by atoms with Crippen molar-refractivity contribution in [3.05, 3.63) is 35.9 Å². The number of hydrogen-bond acceptors (Lipinski definition) is 0. The molecule has 1 aromatic carbocycles. The lowest BCUT2D eigenvalue weighted by molar-refractivity contribution is 0.462. The van der Waals surface area contributed by atoms with Gasteiger partial charge >= 0.3 is 0 Å². The molecule has 0 aromatic heterocycles. The van der Waals surface area contributed by atoms with E-state index >= 15 is 0 Å². The van der Waals surface area contributed by atoms with Crippen LogP contribution in [0.3, 0.4) is 0 Å². The van der Waals surface area contributed by atoms with Crippen LogP contribution in [-0.2, 0) is 6.42 Å². The lowest BCUT2D eigenvalue weighted by Gasteiger charge is -2.13. The minimum atomic E-state index is 0.882. The molecule has 1 unspecified atom stereocenters. The molecule has 1 aromatic rings. The molecule has 0 amide bonds. The molecule has 13 heavy (non-hydrogen) atoms. The van der Waals surface area contributed by atoms with Crippen LogP contribution >= 0.6 is 0 Å². The third kappa shape index (κ3) is 3.63. The predicted molar refractivity (Wildman–Crippen MR) is 58.8 cm³/mol. The average molecular weight is 176 g/mol. The highest BCUT2D eigenvalue weighted by Crippen LogP contribution is 2.16. The van der Waals surface area contributed by atoms with E-state index in [1.165, 1.54) is 31.2 Å². The zero-order valence-electron chi connectivity index (χ0n) is 8.79. The van der Waals surface area contributed by atoms with Gasteiger partial charge in [-0.25, -0.2) is 0 Å². The van der Waals surface area contributed by atoms with Gasteiger partial charge in [0.25, 0.3) is 0 Å². The van der Waals surface area contributed by atoms with Gasteiger partial charge in [-0.15, -0.1) is 0 Å². The van der Waals surface area contributed by atoms with E-state index in [4.69, 9.17) is 0 Å². The highest BCUT2D eigenvalue weighted by Gasteiger charge is 2.05. The van der Waals surface area contributed by atoms with Crippen LogP contribution in [0.4, 0.5) is 0 Å². The minimum absolute atomic E-state index is 0.882. The van der Waals surface area contributed by atoms with Gasteiger partial charge in [-0.05, 0) is 17.9 Å². The SMILES string of the molecule is CCCC(CC)Cc1ccccc1. The van der Waals surface area contributed by atoms with Crippen LogP contribution < -0.4 is 0 Å². The summed E-state index contributed by atoms with van der Waals surface area (Å²) in [6.07, 6.45) is 5.24. The minimum Gasteiger partial charge on any atom is -0.0654 e. The molecule has 0 aliphatic carbocycles. The first-order valence-corrected chi connectivity index (χ1v) is 5.40. The van der Waals surface area contributed by atoms with E-state index in [0.717, 1.165) is 5.92 Å². The summed E-state index contributed by atoms with van der Waals surface area (Å²) in [5, 5.41) is 0. The first-order chi connectivity index (χ1) is 6.36. The number of rotatable bonds is 5. The van der Waals surface area contributed by atoms with Crippen LogP contribution in [0.25, 0.3) is 0 Å². The molecule has 0 heterocycles. The molecule has 1 atom stereocenters. The van der Waals surface area contributed by atoms with E-state index in [0.29, 0.717) is 0 Å². The fourth-order valence-corrected chi connectivity index (χ4v) is 1.81. The van der Waals surface area contributed by atoms with E-state index in [2.05, 4.69) is 44.2 Å². The monoisotopic (exact) mass is 176 g/mol. The summed E-state index contributed by atoms with van der Waals surface area (Å²) < 4.78 is 0. The summed E-state index contributed by atoms with van der Waals surface area (Å²) >= 11 is 0. The van der Waals surface area contributed by atoms with Gasteiger partial charge in [0.2, 0.25) is 0 Å². The molecule has 0 radical (unpaired) electrons. The Morgan fingerprint density at radius 2 is 1.77 bits per heavy atom. The van der Waals surface area contributed by atoms with Crippen molar-refractivity contribution in [2.75, 3.05) is 0 Å². The van der Waals surface area contributed by atoms with E-state index < -0.39 is 0 Å². The Bertz CT molecular complexity index is 213. The summed E-state index contributed by atoms with van der Waals surface area (Å²) in [5.41, 5.74) is 1.49. The molecule has 72 valence electrons. The normalized spacial score (nSPS) is 12.8. The van der Waals surface area contributed by atoms with Crippen molar-refractivity contribution in [1.82, 2.24) is 0 Å². The van der Waals surface area contributed by atoms with Gasteiger partial charge in [-0.2, -0.15) is 0 Å². The maximum absolute atomic E-state index is 2.29. The molecule has 0 N–H and O–H groups in total. The number of hydrogen-bond donors (Lipinski definition) is 0. The van der Waals surface area contributed by atoms with Gasteiger partial charge in [-0.1, -0.05) is 63.4 Å². The summed E-state index contributed by atoms with van der Waals surface area (Å²) in [7, 11) is 0. The zero-order chi connectivity index (χ0) is 9.52. The second kappa shape index (κ2) is 5.80. The summed E-state index contributed by atoms with van der Waals surface area (Å²) in [4.78, 5) is 0. The van der Waals surface area contributed by atoms with Crippen molar-refractivity contribution in [1.29, 1.82) is 0 Å². The fraction of sp³-hybridized carbons (Fsp3) is 0.538. The van der Waals surface area contributed by atoms with E-state index in [1.54, 1.807) is 0 Å². The third-order valence-corrected chi connectivity index (χ3v) is 2.64. The predicted octanol–water partition coefficient (Wildman–Crippen LogP) is 4.06. The van der Waals surface area contributed by atoms with Crippen LogP contribution in [0, 0.1) is 5.92 Å². The van der Waals surface area contributed by atoms with Crippen LogP contribution in [0.15, 0.2) is 30.3 Å². The van der Waals surface area contributed by atoms with Crippen LogP contribution in [0.5, 0.6) is 0 Å². The van der Waals surface area contributed by atoms with Crippen LogP contribution in [0.1, 0.15) is 38.7 Å². The molecule has 0 aliphatic heterocycles. The van der Waals surface area contributed by atoms with Gasteiger partial charge in [0.05, 0.1) is 0 Å². The smallest absolute Gasteiger partial charge is 0.0250 e. The van der Waals surface area contributed by atoms with Crippen LogP contribution in [-0.4, -0.2) is 0 Å². The molecule has 0 fully saturated rings. The third-order valence-electron chi connectivity index (χ3n) is 2.64. The molecular formula is C13H20. The second-order valence-corrected chi connectivity index (χ2v) is 3.75. The Labute approximate surface area is 82.0 Å².